The number of rotatable bonds is 5. The van der Waals surface area contributed by atoms with Gasteiger partial charge < -0.3 is 0 Å². The second kappa shape index (κ2) is 4.81. The maximum atomic E-state index is 2.68. The van der Waals surface area contributed by atoms with Crippen molar-refractivity contribution in [3.05, 3.63) is 11.6 Å². The minimum atomic E-state index is 0.643. The highest BCUT2D eigenvalue weighted by atomic mass is 127. The van der Waals surface area contributed by atoms with E-state index in [0.717, 1.165) is 5.92 Å². The minimum absolute atomic E-state index is 0.643. The average molecular weight is 292 g/mol. The van der Waals surface area contributed by atoms with E-state index < -0.39 is 0 Å². The molecule has 0 nitrogen and oxygen atoms in total. The Bertz CT molecular complexity index is 191. The van der Waals surface area contributed by atoms with Crippen LogP contribution in [0, 0.1) is 5.92 Å². The molecule has 0 aromatic heterocycles. The van der Waals surface area contributed by atoms with Crippen molar-refractivity contribution < 1.29 is 0 Å². The van der Waals surface area contributed by atoms with Gasteiger partial charge in [-0.2, -0.15) is 0 Å². The molecule has 0 aromatic carbocycles. The summed E-state index contributed by atoms with van der Waals surface area (Å²) in [6, 6.07) is 0. The summed E-state index contributed by atoms with van der Waals surface area (Å²) in [7, 11) is 0. The summed E-state index contributed by atoms with van der Waals surface area (Å²) in [5, 5.41) is 0. The molecule has 0 saturated heterocycles. The van der Waals surface area contributed by atoms with Crippen molar-refractivity contribution in [2.45, 2.75) is 56.3 Å². The molecule has 13 heavy (non-hydrogen) atoms. The summed E-state index contributed by atoms with van der Waals surface area (Å²) >= 11 is 2.68. The van der Waals surface area contributed by atoms with E-state index in [-0.39, 0.29) is 0 Å². The lowest BCUT2D eigenvalue weighted by molar-refractivity contribution is 0.644. The zero-order valence-corrected chi connectivity index (χ0v) is 11.2. The summed E-state index contributed by atoms with van der Waals surface area (Å²) in [5.74, 6) is 0.884. The predicted octanol–water partition coefficient (Wildman–Crippen LogP) is 4.73. The maximum absolute atomic E-state index is 2.68. The van der Waals surface area contributed by atoms with E-state index in [1.165, 1.54) is 37.7 Å². The van der Waals surface area contributed by atoms with E-state index >= 15 is 0 Å². The lowest BCUT2D eigenvalue weighted by atomic mass is 10.1. The molecule has 1 rings (SSSR count). The summed E-state index contributed by atoms with van der Waals surface area (Å²) in [6.07, 6.45) is 9.48. The molecule has 2 atom stereocenters. The van der Waals surface area contributed by atoms with E-state index in [4.69, 9.17) is 0 Å². The molecular weight excluding hydrogens is 271 g/mol. The Morgan fingerprint density at radius 2 is 2.15 bits per heavy atom. The first-order valence-electron chi connectivity index (χ1n) is 5.42. The van der Waals surface area contributed by atoms with Crippen LogP contribution in [0.3, 0.4) is 0 Å². The van der Waals surface area contributed by atoms with Gasteiger partial charge >= 0.3 is 0 Å². The minimum Gasteiger partial charge on any atom is -0.0814 e. The van der Waals surface area contributed by atoms with Gasteiger partial charge in [-0.15, -0.1) is 0 Å². The lowest BCUT2D eigenvalue weighted by Crippen LogP contribution is -2.00. The second-order valence-corrected chi connectivity index (χ2v) is 6.69. The molecule has 0 amide bonds. The van der Waals surface area contributed by atoms with Gasteiger partial charge in [0.1, 0.15) is 0 Å². The maximum Gasteiger partial charge on any atom is 0.0291 e. The van der Waals surface area contributed by atoms with Gasteiger partial charge in [-0.1, -0.05) is 60.4 Å². The van der Waals surface area contributed by atoms with E-state index in [1.807, 2.05) is 0 Å². The third kappa shape index (κ3) is 3.61. The molecule has 1 aliphatic carbocycles. The highest BCUT2D eigenvalue weighted by Gasteiger charge is 2.49. The number of halogens is 1. The molecule has 0 radical (unpaired) electrons. The van der Waals surface area contributed by atoms with Gasteiger partial charge in [0.05, 0.1) is 0 Å². The molecule has 0 bridgehead atoms. The monoisotopic (exact) mass is 292 g/mol. The van der Waals surface area contributed by atoms with Gasteiger partial charge in [-0.05, 0) is 32.6 Å². The first-order valence-corrected chi connectivity index (χ1v) is 6.50. The quantitative estimate of drug-likeness (QED) is 0.297. The molecule has 0 heterocycles. The molecule has 0 N–H and O–H groups in total. The number of hydrogen-bond donors (Lipinski definition) is 0. The van der Waals surface area contributed by atoms with E-state index in [1.54, 1.807) is 0 Å². The highest BCUT2D eigenvalue weighted by Crippen LogP contribution is 2.56. The summed E-state index contributed by atoms with van der Waals surface area (Å²) in [4.78, 5) is 0. The van der Waals surface area contributed by atoms with Gasteiger partial charge in [-0.25, -0.2) is 0 Å². The van der Waals surface area contributed by atoms with Gasteiger partial charge in [0.25, 0.3) is 0 Å². The molecule has 0 unspecified atom stereocenters. The van der Waals surface area contributed by atoms with Crippen LogP contribution in [0.2, 0.25) is 0 Å². The van der Waals surface area contributed by atoms with Crippen LogP contribution in [0.1, 0.15) is 52.9 Å². The van der Waals surface area contributed by atoms with Crippen molar-refractivity contribution in [1.82, 2.24) is 0 Å². The normalized spacial score (nSPS) is 31.5. The Hall–Kier alpha value is 0.470. The molecular formula is C12H21I. The van der Waals surface area contributed by atoms with Crippen LogP contribution in [0.25, 0.3) is 0 Å². The van der Waals surface area contributed by atoms with E-state index in [9.17, 15) is 0 Å². The molecule has 1 aliphatic rings. The summed E-state index contributed by atoms with van der Waals surface area (Å²) in [5.41, 5.74) is 1.49. The van der Waals surface area contributed by atoms with E-state index in [0.29, 0.717) is 3.42 Å². The third-order valence-electron chi connectivity index (χ3n) is 2.79. The van der Waals surface area contributed by atoms with Crippen LogP contribution in [-0.4, -0.2) is 3.42 Å². The first-order chi connectivity index (χ1) is 6.08. The Balaban J connectivity index is 2.25. The molecule has 1 saturated carbocycles. The summed E-state index contributed by atoms with van der Waals surface area (Å²) < 4.78 is 0.643. The fraction of sp³-hybridized carbons (Fsp3) is 0.833. The van der Waals surface area contributed by atoms with Gasteiger partial charge in [0, 0.05) is 3.42 Å². The van der Waals surface area contributed by atoms with E-state index in [2.05, 4.69) is 49.4 Å². The van der Waals surface area contributed by atoms with Crippen LogP contribution in [0.15, 0.2) is 11.6 Å². The smallest absolute Gasteiger partial charge is 0.0291 e. The topological polar surface area (TPSA) is 0 Å². The van der Waals surface area contributed by atoms with Gasteiger partial charge in [0.15, 0.2) is 0 Å². The highest BCUT2D eigenvalue weighted by molar-refractivity contribution is 14.1. The van der Waals surface area contributed by atoms with Gasteiger partial charge in [-0.3, -0.25) is 0 Å². The molecule has 0 aromatic rings. The first kappa shape index (κ1) is 11.5. The Morgan fingerprint density at radius 3 is 2.69 bits per heavy atom. The number of unbranched alkanes of at least 4 members (excludes halogenated alkanes) is 2. The van der Waals surface area contributed by atoms with Crippen molar-refractivity contribution in [2.24, 2.45) is 5.92 Å². The fourth-order valence-electron chi connectivity index (χ4n) is 1.87. The van der Waals surface area contributed by atoms with Crippen LogP contribution >= 0.6 is 22.6 Å². The third-order valence-corrected chi connectivity index (χ3v) is 4.57. The molecule has 1 heteroatoms. The van der Waals surface area contributed by atoms with Crippen molar-refractivity contribution in [3.63, 3.8) is 0 Å². The SMILES string of the molecule is CCCCC[C@]1(I)C[C@H]1C=C(C)C. The van der Waals surface area contributed by atoms with Crippen LogP contribution in [-0.2, 0) is 0 Å². The lowest BCUT2D eigenvalue weighted by Gasteiger charge is -2.06. The predicted molar refractivity (Wildman–Crippen MR) is 68.4 cm³/mol. The van der Waals surface area contributed by atoms with Crippen LogP contribution in [0.4, 0.5) is 0 Å². The Labute approximate surface area is 96.3 Å². The fourth-order valence-corrected chi connectivity index (χ4v) is 2.91. The van der Waals surface area contributed by atoms with Crippen LogP contribution in [0.5, 0.6) is 0 Å². The molecule has 76 valence electrons. The van der Waals surface area contributed by atoms with Crippen molar-refractivity contribution in [2.75, 3.05) is 0 Å². The zero-order valence-electron chi connectivity index (χ0n) is 9.07. The van der Waals surface area contributed by atoms with Crippen LogP contribution < -0.4 is 0 Å². The number of hydrogen-bond acceptors (Lipinski definition) is 0. The van der Waals surface area contributed by atoms with Gasteiger partial charge in [0.2, 0.25) is 0 Å². The molecule has 0 spiro atoms. The largest absolute Gasteiger partial charge is 0.0814 e. The Morgan fingerprint density at radius 1 is 1.46 bits per heavy atom. The van der Waals surface area contributed by atoms with Crippen molar-refractivity contribution in [1.29, 1.82) is 0 Å². The number of alkyl halides is 1. The standard InChI is InChI=1S/C12H21I/c1-4-5-6-7-12(13)9-11(12)8-10(2)3/h8,11H,4-7,9H2,1-3H3/t11-,12+/m1/s1. The average Bonchev–Trinajstić information content (AvgIpc) is 2.61. The van der Waals surface area contributed by atoms with Crippen molar-refractivity contribution >= 4 is 22.6 Å². The zero-order chi connectivity index (χ0) is 9.90. The molecule has 1 fully saturated rings. The Kier molecular flexibility index (Phi) is 4.27. The molecule has 0 aliphatic heterocycles. The summed E-state index contributed by atoms with van der Waals surface area (Å²) in [6.45, 7) is 6.70. The van der Waals surface area contributed by atoms with Crippen molar-refractivity contribution in [3.8, 4) is 0 Å². The number of allylic oxidation sites excluding steroid dienone is 2. The second-order valence-electron chi connectivity index (χ2n) is 4.55.